The second kappa shape index (κ2) is 8.88. The van der Waals surface area contributed by atoms with E-state index in [1.54, 1.807) is 12.1 Å². The van der Waals surface area contributed by atoms with Crippen molar-refractivity contribution in [1.82, 2.24) is 5.43 Å². The number of rotatable bonds is 6. The van der Waals surface area contributed by atoms with Crippen molar-refractivity contribution >= 4 is 29.2 Å². The van der Waals surface area contributed by atoms with Crippen LogP contribution >= 0.6 is 12.2 Å². The smallest absolute Gasteiger partial charge is 0.387 e. The predicted molar refractivity (Wildman–Crippen MR) is 93.0 cm³/mol. The van der Waals surface area contributed by atoms with Crippen LogP contribution in [-0.4, -0.2) is 25.0 Å². The first kappa shape index (κ1) is 18.5. The van der Waals surface area contributed by atoms with Crippen molar-refractivity contribution < 1.29 is 22.6 Å². The first-order valence-electron chi connectivity index (χ1n) is 6.97. The summed E-state index contributed by atoms with van der Waals surface area (Å²) in [7, 11) is 1.33. The zero-order chi connectivity index (χ0) is 18.2. The molecule has 0 spiro atoms. The van der Waals surface area contributed by atoms with Gasteiger partial charge in [-0.1, -0.05) is 12.1 Å². The highest BCUT2D eigenvalue weighted by molar-refractivity contribution is 7.80. The molecule has 0 unspecified atom stereocenters. The average molecular weight is 369 g/mol. The Balaban J connectivity index is 1.97. The van der Waals surface area contributed by atoms with Crippen LogP contribution in [0.25, 0.3) is 0 Å². The van der Waals surface area contributed by atoms with Gasteiger partial charge in [-0.3, -0.25) is 5.43 Å². The number of para-hydroxylation sites is 1. The zero-order valence-electron chi connectivity index (χ0n) is 13.0. The summed E-state index contributed by atoms with van der Waals surface area (Å²) >= 11 is 5.00. The first-order chi connectivity index (χ1) is 12.0. The highest BCUT2D eigenvalue weighted by atomic mass is 32.1. The molecular weight excluding hydrogens is 355 g/mol. The Morgan fingerprint density at radius 2 is 1.96 bits per heavy atom. The molecule has 25 heavy (non-hydrogen) atoms. The van der Waals surface area contributed by atoms with Crippen LogP contribution in [0.4, 0.5) is 18.9 Å². The molecule has 0 amide bonds. The van der Waals surface area contributed by atoms with Crippen LogP contribution in [0.2, 0.25) is 0 Å². The van der Waals surface area contributed by atoms with Crippen molar-refractivity contribution in [2.75, 3.05) is 12.4 Å². The minimum absolute atomic E-state index is 0.0839. The van der Waals surface area contributed by atoms with E-state index in [4.69, 9.17) is 17.0 Å². The van der Waals surface area contributed by atoms with E-state index >= 15 is 0 Å². The monoisotopic (exact) mass is 369 g/mol. The van der Waals surface area contributed by atoms with Gasteiger partial charge in [-0.05, 0) is 48.1 Å². The lowest BCUT2D eigenvalue weighted by molar-refractivity contribution is -0.0512. The van der Waals surface area contributed by atoms with Gasteiger partial charge in [0.25, 0.3) is 0 Å². The minimum atomic E-state index is -2.95. The fraction of sp³-hybridized carbons (Fsp3) is 0.125. The summed E-state index contributed by atoms with van der Waals surface area (Å²) in [5.74, 6) is -0.398. The minimum Gasteiger partial charge on any atom is -0.493 e. The SMILES string of the molecule is COc1cc(/C=N\NC(=S)Nc2ccccc2F)ccc1OC(F)F. The van der Waals surface area contributed by atoms with Crippen molar-refractivity contribution in [2.45, 2.75) is 6.61 Å². The van der Waals surface area contributed by atoms with E-state index in [1.807, 2.05) is 0 Å². The molecule has 2 aromatic rings. The van der Waals surface area contributed by atoms with E-state index in [-0.39, 0.29) is 22.3 Å². The molecule has 0 saturated carbocycles. The van der Waals surface area contributed by atoms with Gasteiger partial charge in [-0.25, -0.2) is 4.39 Å². The number of alkyl halides is 2. The lowest BCUT2D eigenvalue weighted by Crippen LogP contribution is -2.24. The molecule has 0 radical (unpaired) electrons. The molecule has 0 saturated heterocycles. The van der Waals surface area contributed by atoms with Crippen LogP contribution in [-0.2, 0) is 0 Å². The molecule has 0 aliphatic carbocycles. The number of halogens is 3. The molecule has 0 aliphatic rings. The standard InChI is InChI=1S/C16H14F3N3O2S/c1-23-14-8-10(6-7-13(14)24-15(18)19)9-20-22-16(25)21-12-5-3-2-4-11(12)17/h2-9,15H,1H3,(H2,21,22,25)/b20-9-. The fourth-order valence-electron chi connectivity index (χ4n) is 1.84. The number of hydrazone groups is 1. The van der Waals surface area contributed by atoms with E-state index in [2.05, 4.69) is 20.6 Å². The molecule has 0 aliphatic heterocycles. The molecule has 0 atom stereocenters. The van der Waals surface area contributed by atoms with Gasteiger partial charge in [0, 0.05) is 0 Å². The van der Waals surface area contributed by atoms with Gasteiger partial charge in [0.05, 0.1) is 19.0 Å². The molecule has 5 nitrogen and oxygen atoms in total. The van der Waals surface area contributed by atoms with Crippen molar-refractivity contribution in [3.8, 4) is 11.5 Å². The average Bonchev–Trinajstić information content (AvgIpc) is 2.57. The largest absolute Gasteiger partial charge is 0.493 e. The summed E-state index contributed by atoms with van der Waals surface area (Å²) in [5, 5.41) is 6.63. The van der Waals surface area contributed by atoms with E-state index in [1.165, 1.54) is 43.7 Å². The molecule has 2 rings (SSSR count). The van der Waals surface area contributed by atoms with E-state index < -0.39 is 12.4 Å². The molecule has 0 heterocycles. The second-order valence-corrected chi connectivity index (χ2v) is 5.00. The number of ether oxygens (including phenoxy) is 2. The Morgan fingerprint density at radius 1 is 1.20 bits per heavy atom. The van der Waals surface area contributed by atoms with Crippen LogP contribution in [0.5, 0.6) is 11.5 Å². The molecule has 0 fully saturated rings. The van der Waals surface area contributed by atoms with Crippen molar-refractivity contribution in [3.63, 3.8) is 0 Å². The summed E-state index contributed by atoms with van der Waals surface area (Å²) < 4.78 is 47.3. The van der Waals surface area contributed by atoms with Crippen LogP contribution in [0, 0.1) is 5.82 Å². The third-order valence-corrected chi connectivity index (χ3v) is 3.10. The number of hydrogen-bond acceptors (Lipinski definition) is 4. The number of anilines is 1. The van der Waals surface area contributed by atoms with Gasteiger partial charge >= 0.3 is 6.61 Å². The predicted octanol–water partition coefficient (Wildman–Crippen LogP) is 3.76. The van der Waals surface area contributed by atoms with Gasteiger partial charge in [0.15, 0.2) is 16.6 Å². The summed E-state index contributed by atoms with van der Waals surface area (Å²) in [6.45, 7) is -2.95. The highest BCUT2D eigenvalue weighted by Gasteiger charge is 2.10. The van der Waals surface area contributed by atoms with E-state index in [0.29, 0.717) is 5.56 Å². The number of nitrogens with one attached hydrogen (secondary N) is 2. The molecule has 0 aromatic heterocycles. The number of thiocarbonyl (C=S) groups is 1. The van der Waals surface area contributed by atoms with E-state index in [9.17, 15) is 13.2 Å². The van der Waals surface area contributed by atoms with Gasteiger partial charge in [-0.2, -0.15) is 13.9 Å². The van der Waals surface area contributed by atoms with Crippen LogP contribution in [0.3, 0.4) is 0 Å². The summed E-state index contributed by atoms with van der Waals surface area (Å²) in [6, 6.07) is 10.4. The topological polar surface area (TPSA) is 54.9 Å². The molecule has 2 N–H and O–H groups in total. The third-order valence-electron chi connectivity index (χ3n) is 2.91. The van der Waals surface area contributed by atoms with Crippen LogP contribution < -0.4 is 20.2 Å². The first-order valence-corrected chi connectivity index (χ1v) is 7.38. The Hall–Kier alpha value is -2.81. The number of benzene rings is 2. The van der Waals surface area contributed by atoms with Crippen LogP contribution in [0.15, 0.2) is 47.6 Å². The van der Waals surface area contributed by atoms with Gasteiger partial charge in [0.1, 0.15) is 5.82 Å². The quantitative estimate of drug-likeness (QED) is 0.461. The Kier molecular flexibility index (Phi) is 6.58. The number of methoxy groups -OCH3 is 1. The lowest BCUT2D eigenvalue weighted by atomic mass is 10.2. The maximum atomic E-state index is 13.5. The molecule has 9 heteroatoms. The molecule has 132 valence electrons. The van der Waals surface area contributed by atoms with Gasteiger partial charge in [-0.15, -0.1) is 0 Å². The molecule has 0 bridgehead atoms. The van der Waals surface area contributed by atoms with Gasteiger partial charge < -0.3 is 14.8 Å². The van der Waals surface area contributed by atoms with Crippen molar-refractivity contribution in [1.29, 1.82) is 0 Å². The Bertz CT molecular complexity index is 772. The molecular formula is C16H14F3N3O2S. The number of hydrogen-bond donors (Lipinski definition) is 2. The Morgan fingerprint density at radius 3 is 2.64 bits per heavy atom. The summed E-state index contributed by atoms with van der Waals surface area (Å²) in [6.07, 6.45) is 1.39. The summed E-state index contributed by atoms with van der Waals surface area (Å²) in [4.78, 5) is 0. The number of nitrogens with zero attached hydrogens (tertiary/aromatic N) is 1. The molecule has 2 aromatic carbocycles. The fourth-order valence-corrected chi connectivity index (χ4v) is 2.00. The second-order valence-electron chi connectivity index (χ2n) is 4.59. The summed E-state index contributed by atoms with van der Waals surface area (Å²) in [5.41, 5.74) is 3.29. The normalized spacial score (nSPS) is 10.8. The van der Waals surface area contributed by atoms with E-state index in [0.717, 1.165) is 0 Å². The van der Waals surface area contributed by atoms with Crippen molar-refractivity contribution in [2.24, 2.45) is 5.10 Å². The van der Waals surface area contributed by atoms with Gasteiger partial charge in [0.2, 0.25) is 0 Å². The highest BCUT2D eigenvalue weighted by Crippen LogP contribution is 2.28. The van der Waals surface area contributed by atoms with Crippen molar-refractivity contribution in [3.05, 3.63) is 53.8 Å². The maximum absolute atomic E-state index is 13.5. The maximum Gasteiger partial charge on any atom is 0.387 e. The lowest BCUT2D eigenvalue weighted by Gasteiger charge is -2.10. The zero-order valence-corrected chi connectivity index (χ0v) is 13.8. The van der Waals surface area contributed by atoms with Crippen LogP contribution in [0.1, 0.15) is 5.56 Å². The Labute approximate surface area is 147 Å². The third kappa shape index (κ3) is 5.64.